The number of hydrogen-bond donors (Lipinski definition) is 1. The van der Waals surface area contributed by atoms with Crippen molar-refractivity contribution in [2.75, 3.05) is 6.54 Å². The Morgan fingerprint density at radius 1 is 1.37 bits per heavy atom. The highest BCUT2D eigenvalue weighted by Gasteiger charge is 2.21. The van der Waals surface area contributed by atoms with Gasteiger partial charge in [0.15, 0.2) is 0 Å². The van der Waals surface area contributed by atoms with Crippen molar-refractivity contribution in [1.29, 1.82) is 0 Å². The number of nitrogens with one attached hydrogen (secondary N) is 1. The van der Waals surface area contributed by atoms with Gasteiger partial charge >= 0.3 is 0 Å². The largest absolute Gasteiger partial charge is 0.306 e. The van der Waals surface area contributed by atoms with Crippen molar-refractivity contribution in [2.45, 2.75) is 26.8 Å². The molecule has 0 aliphatic rings. The normalized spacial score (nSPS) is 12.7. The van der Waals surface area contributed by atoms with E-state index >= 15 is 0 Å². The molecular weight excluding hydrogens is 325 g/mol. The molecule has 0 bridgehead atoms. The lowest BCUT2D eigenvalue weighted by Gasteiger charge is -2.19. The van der Waals surface area contributed by atoms with Crippen molar-refractivity contribution >= 4 is 27.3 Å². The van der Waals surface area contributed by atoms with E-state index in [0.717, 1.165) is 6.54 Å². The van der Waals surface area contributed by atoms with Crippen LogP contribution >= 0.6 is 27.3 Å². The van der Waals surface area contributed by atoms with E-state index in [1.165, 1.54) is 15.3 Å². The highest BCUT2D eigenvalue weighted by Crippen LogP contribution is 2.34. The second kappa shape index (κ2) is 6.16. The summed E-state index contributed by atoms with van der Waals surface area (Å²) in [6, 6.07) is 7.53. The summed E-state index contributed by atoms with van der Waals surface area (Å²) in [5.74, 6) is -0.182. The minimum absolute atomic E-state index is 0.0822. The summed E-state index contributed by atoms with van der Waals surface area (Å²) >= 11 is 4.99. The number of aryl methyl sites for hydroxylation is 2. The van der Waals surface area contributed by atoms with Crippen molar-refractivity contribution in [2.24, 2.45) is 0 Å². The molecule has 0 saturated carbocycles. The smallest absolute Gasteiger partial charge is 0.142 e. The Morgan fingerprint density at radius 3 is 2.68 bits per heavy atom. The maximum absolute atomic E-state index is 14.3. The number of halogens is 2. The van der Waals surface area contributed by atoms with Crippen molar-refractivity contribution in [3.8, 4) is 0 Å². The van der Waals surface area contributed by atoms with E-state index in [-0.39, 0.29) is 11.9 Å². The first-order valence-corrected chi connectivity index (χ1v) is 7.89. The molecular formula is C15H17BrFNS. The van der Waals surface area contributed by atoms with Crippen LogP contribution in [-0.2, 0) is 0 Å². The van der Waals surface area contributed by atoms with E-state index in [1.807, 2.05) is 19.1 Å². The molecule has 1 aromatic carbocycles. The zero-order valence-corrected chi connectivity index (χ0v) is 13.7. The van der Waals surface area contributed by atoms with Gasteiger partial charge in [0, 0.05) is 15.3 Å². The van der Waals surface area contributed by atoms with Gasteiger partial charge < -0.3 is 5.32 Å². The lowest BCUT2D eigenvalue weighted by Crippen LogP contribution is -2.22. The third kappa shape index (κ3) is 3.07. The first kappa shape index (κ1) is 14.7. The standard InChI is InChI=1S/C15H17BrFNS/c1-4-18-14(15-9(2)8-10(3)19-15)11-6-5-7-12(16)13(11)17/h5-8,14,18H,4H2,1-3H3. The van der Waals surface area contributed by atoms with Gasteiger partial charge in [-0.05, 0) is 54.0 Å². The molecule has 0 aliphatic carbocycles. The molecule has 0 aliphatic heterocycles. The average Bonchev–Trinajstić information content (AvgIpc) is 2.69. The predicted octanol–water partition coefficient (Wildman–Crippen LogP) is 4.97. The van der Waals surface area contributed by atoms with Crippen LogP contribution in [0, 0.1) is 19.7 Å². The van der Waals surface area contributed by atoms with Crippen LogP contribution in [0.2, 0.25) is 0 Å². The molecule has 2 rings (SSSR count). The number of hydrogen-bond acceptors (Lipinski definition) is 2. The van der Waals surface area contributed by atoms with E-state index in [4.69, 9.17) is 0 Å². The Bertz CT molecular complexity index is 580. The van der Waals surface area contributed by atoms with Gasteiger partial charge in [-0.3, -0.25) is 0 Å². The minimum atomic E-state index is -0.182. The number of rotatable bonds is 4. The summed E-state index contributed by atoms with van der Waals surface area (Å²) in [4.78, 5) is 2.45. The Labute approximate surface area is 126 Å². The number of thiophene rings is 1. The summed E-state index contributed by atoms with van der Waals surface area (Å²) < 4.78 is 14.8. The maximum Gasteiger partial charge on any atom is 0.142 e. The molecule has 0 amide bonds. The van der Waals surface area contributed by atoms with Crippen LogP contribution in [0.1, 0.15) is 33.8 Å². The SMILES string of the molecule is CCNC(c1cccc(Br)c1F)c1sc(C)cc1C. The van der Waals surface area contributed by atoms with E-state index in [0.29, 0.717) is 10.0 Å². The lowest BCUT2D eigenvalue weighted by atomic mass is 10.0. The van der Waals surface area contributed by atoms with E-state index < -0.39 is 0 Å². The molecule has 4 heteroatoms. The summed E-state index contributed by atoms with van der Waals surface area (Å²) in [5.41, 5.74) is 1.91. The van der Waals surface area contributed by atoms with Gasteiger partial charge in [0.05, 0.1) is 10.5 Å². The van der Waals surface area contributed by atoms with Gasteiger partial charge in [-0.2, -0.15) is 0 Å². The van der Waals surface area contributed by atoms with Gasteiger partial charge in [0.25, 0.3) is 0 Å². The highest BCUT2D eigenvalue weighted by atomic mass is 79.9. The second-order valence-corrected chi connectivity index (χ2v) is 6.68. The highest BCUT2D eigenvalue weighted by molar-refractivity contribution is 9.10. The third-order valence-corrected chi connectivity index (χ3v) is 4.87. The lowest BCUT2D eigenvalue weighted by molar-refractivity contribution is 0.558. The monoisotopic (exact) mass is 341 g/mol. The van der Waals surface area contributed by atoms with Crippen molar-refractivity contribution < 1.29 is 4.39 Å². The van der Waals surface area contributed by atoms with Crippen LogP contribution in [0.15, 0.2) is 28.7 Å². The van der Waals surface area contributed by atoms with Crippen LogP contribution in [0.4, 0.5) is 4.39 Å². The molecule has 0 fully saturated rings. The molecule has 19 heavy (non-hydrogen) atoms. The molecule has 1 heterocycles. The van der Waals surface area contributed by atoms with Crippen molar-refractivity contribution in [1.82, 2.24) is 5.32 Å². The van der Waals surface area contributed by atoms with E-state index in [1.54, 1.807) is 17.4 Å². The topological polar surface area (TPSA) is 12.0 Å². The molecule has 1 N–H and O–H groups in total. The van der Waals surface area contributed by atoms with Gasteiger partial charge in [0.2, 0.25) is 0 Å². The quantitative estimate of drug-likeness (QED) is 0.828. The fraction of sp³-hybridized carbons (Fsp3) is 0.333. The molecule has 0 saturated heterocycles. The molecule has 1 nitrogen and oxygen atoms in total. The van der Waals surface area contributed by atoms with E-state index in [9.17, 15) is 4.39 Å². The van der Waals surface area contributed by atoms with Gasteiger partial charge in [-0.25, -0.2) is 4.39 Å². The second-order valence-electron chi connectivity index (χ2n) is 4.54. The molecule has 1 unspecified atom stereocenters. The van der Waals surface area contributed by atoms with Crippen molar-refractivity contribution in [3.05, 3.63) is 55.4 Å². The summed E-state index contributed by atoms with van der Waals surface area (Å²) in [6.07, 6.45) is 0. The summed E-state index contributed by atoms with van der Waals surface area (Å²) in [7, 11) is 0. The molecule has 2 aromatic rings. The Hall–Kier alpha value is -0.710. The average molecular weight is 342 g/mol. The molecule has 102 valence electrons. The van der Waals surface area contributed by atoms with E-state index in [2.05, 4.69) is 41.2 Å². The molecule has 0 radical (unpaired) electrons. The predicted molar refractivity (Wildman–Crippen MR) is 83.4 cm³/mol. The summed E-state index contributed by atoms with van der Waals surface area (Å²) in [6.45, 7) is 7.01. The van der Waals surface area contributed by atoms with Gasteiger partial charge in [-0.15, -0.1) is 11.3 Å². The Kier molecular flexibility index (Phi) is 4.76. The first-order chi connectivity index (χ1) is 9.04. The first-order valence-electron chi connectivity index (χ1n) is 6.28. The van der Waals surface area contributed by atoms with Gasteiger partial charge in [0.1, 0.15) is 5.82 Å². The zero-order chi connectivity index (χ0) is 14.0. The Morgan fingerprint density at radius 2 is 2.11 bits per heavy atom. The summed E-state index contributed by atoms with van der Waals surface area (Å²) in [5, 5.41) is 3.39. The zero-order valence-electron chi connectivity index (χ0n) is 11.3. The fourth-order valence-corrected chi connectivity index (χ4v) is 3.75. The van der Waals surface area contributed by atoms with Crippen molar-refractivity contribution in [3.63, 3.8) is 0 Å². The molecule has 1 aromatic heterocycles. The van der Waals surface area contributed by atoms with Gasteiger partial charge in [-0.1, -0.05) is 19.1 Å². The number of benzene rings is 1. The van der Waals surface area contributed by atoms with Crippen LogP contribution in [0.3, 0.4) is 0 Å². The molecule has 1 atom stereocenters. The Balaban J connectivity index is 2.51. The van der Waals surface area contributed by atoms with Crippen LogP contribution in [-0.4, -0.2) is 6.54 Å². The van der Waals surface area contributed by atoms with Crippen LogP contribution in [0.5, 0.6) is 0 Å². The third-order valence-electron chi connectivity index (χ3n) is 3.04. The van der Waals surface area contributed by atoms with Crippen LogP contribution in [0.25, 0.3) is 0 Å². The fourth-order valence-electron chi connectivity index (χ4n) is 2.24. The van der Waals surface area contributed by atoms with Crippen LogP contribution < -0.4 is 5.32 Å². The minimum Gasteiger partial charge on any atom is -0.306 e. The molecule has 0 spiro atoms. The maximum atomic E-state index is 14.3.